The number of rotatable bonds is 6. The fourth-order valence-electron chi connectivity index (χ4n) is 3.51. The summed E-state index contributed by atoms with van der Waals surface area (Å²) in [4.78, 5) is 4.44. The van der Waals surface area contributed by atoms with Crippen LogP contribution in [0.4, 0.5) is 10.3 Å². The molecule has 3 aromatic rings. The predicted molar refractivity (Wildman–Crippen MR) is 98.1 cm³/mol. The summed E-state index contributed by atoms with van der Waals surface area (Å²) in [5.74, 6) is 1.93. The summed E-state index contributed by atoms with van der Waals surface area (Å²) in [5, 5.41) is 11.3. The van der Waals surface area contributed by atoms with Crippen molar-refractivity contribution < 1.29 is 18.6 Å². The number of anilines is 1. The lowest BCUT2D eigenvalue weighted by Crippen LogP contribution is -2.39. The third kappa shape index (κ3) is 2.91. The highest BCUT2D eigenvalue weighted by atomic mass is 19.1. The molecule has 0 spiro atoms. The largest absolute Gasteiger partial charge is 0.493 e. The van der Waals surface area contributed by atoms with Gasteiger partial charge in [-0.05, 0) is 19.1 Å². The van der Waals surface area contributed by atoms with Gasteiger partial charge in [-0.25, -0.2) is 13.8 Å². The van der Waals surface area contributed by atoms with Crippen LogP contribution in [-0.2, 0) is 17.7 Å². The Morgan fingerprint density at radius 2 is 2.29 bits per heavy atom. The molecule has 146 valence electrons. The number of nitrogens with zero attached hydrogens (tertiary/aromatic N) is 4. The Kier molecular flexibility index (Phi) is 4.23. The van der Waals surface area contributed by atoms with Gasteiger partial charge in [-0.15, -0.1) is 10.2 Å². The van der Waals surface area contributed by atoms with E-state index >= 15 is 0 Å². The molecular formula is C19H20FN5O3. The van der Waals surface area contributed by atoms with E-state index in [0.29, 0.717) is 55.1 Å². The molecule has 2 aliphatic rings. The SMILES string of the molecule is CC(Oc1cnc(NCc2c(F)ccc3c2CCO3)n2cnnc12)C1COC1. The first kappa shape index (κ1) is 17.2. The minimum absolute atomic E-state index is 0.00383. The van der Waals surface area contributed by atoms with Gasteiger partial charge < -0.3 is 19.5 Å². The van der Waals surface area contributed by atoms with Crippen LogP contribution in [0, 0.1) is 11.7 Å². The highest BCUT2D eigenvalue weighted by Gasteiger charge is 2.27. The third-order valence-electron chi connectivity index (χ3n) is 5.30. The minimum Gasteiger partial charge on any atom is -0.493 e. The van der Waals surface area contributed by atoms with Crippen LogP contribution in [0.25, 0.3) is 5.65 Å². The molecule has 0 amide bonds. The zero-order valence-electron chi connectivity index (χ0n) is 15.4. The summed E-state index contributed by atoms with van der Waals surface area (Å²) in [6, 6.07) is 3.11. The molecule has 1 fully saturated rings. The van der Waals surface area contributed by atoms with Crippen molar-refractivity contribution in [3.05, 3.63) is 41.6 Å². The van der Waals surface area contributed by atoms with Gasteiger partial charge in [0.05, 0.1) is 26.0 Å². The van der Waals surface area contributed by atoms with E-state index in [1.807, 2.05) is 6.92 Å². The van der Waals surface area contributed by atoms with E-state index in [2.05, 4.69) is 20.5 Å². The van der Waals surface area contributed by atoms with Gasteiger partial charge in [0.15, 0.2) is 5.75 Å². The summed E-state index contributed by atoms with van der Waals surface area (Å²) in [5.41, 5.74) is 2.06. The number of halogens is 1. The molecule has 0 bridgehead atoms. The quantitative estimate of drug-likeness (QED) is 0.697. The van der Waals surface area contributed by atoms with Crippen molar-refractivity contribution in [2.75, 3.05) is 25.1 Å². The molecule has 9 heteroatoms. The molecule has 0 radical (unpaired) electrons. The normalized spacial score (nSPS) is 17.1. The van der Waals surface area contributed by atoms with Gasteiger partial charge in [0.2, 0.25) is 11.6 Å². The Balaban J connectivity index is 1.38. The Morgan fingerprint density at radius 1 is 1.39 bits per heavy atom. The van der Waals surface area contributed by atoms with Crippen molar-refractivity contribution in [3.8, 4) is 11.5 Å². The smallest absolute Gasteiger partial charge is 0.210 e. The fourth-order valence-corrected chi connectivity index (χ4v) is 3.51. The van der Waals surface area contributed by atoms with E-state index in [1.165, 1.54) is 6.07 Å². The summed E-state index contributed by atoms with van der Waals surface area (Å²) in [6.45, 7) is 4.28. The number of fused-ring (bicyclic) bond motifs is 2. The molecule has 2 aromatic heterocycles. The molecule has 5 rings (SSSR count). The van der Waals surface area contributed by atoms with Crippen LogP contribution in [0.3, 0.4) is 0 Å². The van der Waals surface area contributed by atoms with Gasteiger partial charge in [-0.1, -0.05) is 0 Å². The van der Waals surface area contributed by atoms with E-state index in [4.69, 9.17) is 14.2 Å². The van der Waals surface area contributed by atoms with E-state index in [9.17, 15) is 4.39 Å². The summed E-state index contributed by atoms with van der Waals surface area (Å²) in [6.07, 6.45) is 3.88. The molecular weight excluding hydrogens is 365 g/mol. The van der Waals surface area contributed by atoms with Gasteiger partial charge in [0.25, 0.3) is 0 Å². The number of hydrogen-bond acceptors (Lipinski definition) is 7. The monoisotopic (exact) mass is 385 g/mol. The van der Waals surface area contributed by atoms with Crippen molar-refractivity contribution in [1.82, 2.24) is 19.6 Å². The van der Waals surface area contributed by atoms with Crippen molar-refractivity contribution in [1.29, 1.82) is 0 Å². The average Bonchev–Trinajstić information content (AvgIpc) is 3.30. The summed E-state index contributed by atoms with van der Waals surface area (Å²) >= 11 is 0. The predicted octanol–water partition coefficient (Wildman–Crippen LogP) is 2.22. The molecule has 2 aliphatic heterocycles. The first-order valence-electron chi connectivity index (χ1n) is 9.31. The molecule has 1 N–H and O–H groups in total. The molecule has 0 saturated carbocycles. The summed E-state index contributed by atoms with van der Waals surface area (Å²) in [7, 11) is 0. The topological polar surface area (TPSA) is 82.8 Å². The van der Waals surface area contributed by atoms with Gasteiger partial charge in [-0.3, -0.25) is 0 Å². The van der Waals surface area contributed by atoms with E-state index in [0.717, 1.165) is 11.3 Å². The Hall–Kier alpha value is -2.94. The number of benzene rings is 1. The molecule has 0 aliphatic carbocycles. The van der Waals surface area contributed by atoms with Gasteiger partial charge in [0, 0.05) is 30.0 Å². The lowest BCUT2D eigenvalue weighted by molar-refractivity contribution is -0.0775. The van der Waals surface area contributed by atoms with E-state index in [1.54, 1.807) is 23.0 Å². The Morgan fingerprint density at radius 3 is 3.11 bits per heavy atom. The standard InChI is InChI=1S/C19H20FN5O3/c1-11(12-8-26-9-12)28-17-7-22-19(25-10-23-24-18(17)25)21-6-14-13-4-5-27-16(13)3-2-15(14)20/h2-3,7,10-12H,4-6,8-9H2,1H3,(H,21,22). The second-order valence-electron chi connectivity index (χ2n) is 7.05. The van der Waals surface area contributed by atoms with Crippen LogP contribution in [0.5, 0.6) is 11.5 Å². The number of hydrogen-bond donors (Lipinski definition) is 1. The molecule has 1 atom stereocenters. The number of aromatic nitrogens is 4. The summed E-state index contributed by atoms with van der Waals surface area (Å²) < 4.78 is 32.8. The van der Waals surface area contributed by atoms with Crippen LogP contribution in [0.15, 0.2) is 24.7 Å². The van der Waals surface area contributed by atoms with Crippen LogP contribution in [0.1, 0.15) is 18.1 Å². The second-order valence-corrected chi connectivity index (χ2v) is 7.05. The highest BCUT2D eigenvalue weighted by molar-refractivity contribution is 5.56. The minimum atomic E-state index is -0.256. The second kappa shape index (κ2) is 6.90. The van der Waals surface area contributed by atoms with Crippen LogP contribution in [-0.4, -0.2) is 45.5 Å². The van der Waals surface area contributed by atoms with Gasteiger partial charge >= 0.3 is 0 Å². The maximum absolute atomic E-state index is 14.3. The highest BCUT2D eigenvalue weighted by Crippen LogP contribution is 2.31. The average molecular weight is 385 g/mol. The lowest BCUT2D eigenvalue weighted by Gasteiger charge is -2.31. The van der Waals surface area contributed by atoms with Crippen LogP contribution in [0.2, 0.25) is 0 Å². The zero-order chi connectivity index (χ0) is 19.1. The first-order chi connectivity index (χ1) is 13.7. The van der Waals surface area contributed by atoms with Crippen LogP contribution < -0.4 is 14.8 Å². The third-order valence-corrected chi connectivity index (χ3v) is 5.30. The van der Waals surface area contributed by atoms with E-state index in [-0.39, 0.29) is 18.5 Å². The van der Waals surface area contributed by atoms with Crippen molar-refractivity contribution in [2.24, 2.45) is 5.92 Å². The van der Waals surface area contributed by atoms with Gasteiger partial charge in [0.1, 0.15) is 24.0 Å². The van der Waals surface area contributed by atoms with Crippen LogP contribution >= 0.6 is 0 Å². The number of nitrogens with one attached hydrogen (secondary N) is 1. The molecule has 1 aromatic carbocycles. The molecule has 4 heterocycles. The molecule has 28 heavy (non-hydrogen) atoms. The fraction of sp³-hybridized carbons (Fsp3) is 0.421. The first-order valence-corrected chi connectivity index (χ1v) is 9.31. The maximum atomic E-state index is 14.3. The molecule has 8 nitrogen and oxygen atoms in total. The van der Waals surface area contributed by atoms with Gasteiger partial charge in [-0.2, -0.15) is 0 Å². The van der Waals surface area contributed by atoms with E-state index < -0.39 is 0 Å². The molecule has 1 saturated heterocycles. The number of ether oxygens (including phenoxy) is 3. The zero-order valence-corrected chi connectivity index (χ0v) is 15.4. The maximum Gasteiger partial charge on any atom is 0.210 e. The van der Waals surface area contributed by atoms with Crippen molar-refractivity contribution >= 4 is 11.6 Å². The Labute approximate surface area is 160 Å². The molecule has 1 unspecified atom stereocenters. The Bertz CT molecular complexity index is 1020. The lowest BCUT2D eigenvalue weighted by atomic mass is 10.0. The van der Waals surface area contributed by atoms with Crippen molar-refractivity contribution in [2.45, 2.75) is 26.0 Å². The van der Waals surface area contributed by atoms with Crippen molar-refractivity contribution in [3.63, 3.8) is 0 Å².